The van der Waals surface area contributed by atoms with Gasteiger partial charge in [0, 0.05) is 16.0 Å². The Morgan fingerprint density at radius 2 is 1.64 bits per heavy atom. The summed E-state index contributed by atoms with van der Waals surface area (Å²) in [5, 5.41) is 24.4. The van der Waals surface area contributed by atoms with Gasteiger partial charge in [0.2, 0.25) is 0 Å². The SMILES string of the molecule is O=[N+]([O-])c1c(-c2c(C(F)(F)F)[nH]c(-c3ccc(Cl)cc3)c2[N+](=O)[O-])csc1Br. The van der Waals surface area contributed by atoms with E-state index < -0.39 is 49.9 Å². The quantitative estimate of drug-likeness (QED) is 0.322. The number of aromatic nitrogens is 1. The van der Waals surface area contributed by atoms with Gasteiger partial charge in [-0.1, -0.05) is 23.7 Å². The number of benzene rings is 1. The standard InChI is InChI=1S/C15H6BrClF3N3O4S/c16-14-11(22(24)25)8(5-28-14)9-12(23(26)27)10(21-13(9)15(18,19)20)6-1-3-7(17)4-2-6/h1-5,21H. The molecule has 0 bridgehead atoms. The van der Waals surface area contributed by atoms with Gasteiger partial charge in [0.15, 0.2) is 0 Å². The third kappa shape index (κ3) is 3.50. The Bertz CT molecular complexity index is 1100. The maximum atomic E-state index is 13.7. The minimum absolute atomic E-state index is 0.0517. The first-order chi connectivity index (χ1) is 13.0. The zero-order valence-corrected chi connectivity index (χ0v) is 16.4. The molecule has 0 atom stereocenters. The molecule has 0 amide bonds. The highest BCUT2D eigenvalue weighted by Gasteiger charge is 2.44. The normalized spacial score (nSPS) is 11.6. The van der Waals surface area contributed by atoms with E-state index in [1.807, 2.05) is 4.98 Å². The molecule has 0 radical (unpaired) electrons. The molecular formula is C15H6BrClF3N3O4S. The highest BCUT2D eigenvalue weighted by Crippen LogP contribution is 2.52. The second kappa shape index (κ2) is 7.18. The molecule has 28 heavy (non-hydrogen) atoms. The van der Waals surface area contributed by atoms with E-state index in [4.69, 9.17) is 11.6 Å². The van der Waals surface area contributed by atoms with Crippen LogP contribution in [0.15, 0.2) is 33.4 Å². The lowest BCUT2D eigenvalue weighted by atomic mass is 10.0. The first-order valence-corrected chi connectivity index (χ1v) is 9.22. The predicted molar refractivity (Wildman–Crippen MR) is 101 cm³/mol. The Morgan fingerprint density at radius 1 is 1.07 bits per heavy atom. The minimum Gasteiger partial charge on any atom is -0.345 e. The average Bonchev–Trinajstić information content (AvgIpc) is 3.15. The molecule has 0 fully saturated rings. The highest BCUT2D eigenvalue weighted by molar-refractivity contribution is 9.11. The minimum atomic E-state index is -5.02. The first-order valence-electron chi connectivity index (χ1n) is 7.17. The molecule has 0 aliphatic heterocycles. The molecule has 3 aromatic rings. The fraction of sp³-hybridized carbons (Fsp3) is 0.0667. The third-order valence-corrected chi connectivity index (χ3v) is 5.69. The van der Waals surface area contributed by atoms with Crippen LogP contribution < -0.4 is 0 Å². The molecule has 2 aromatic heterocycles. The van der Waals surface area contributed by atoms with Crippen molar-refractivity contribution in [1.82, 2.24) is 4.98 Å². The maximum Gasteiger partial charge on any atom is 0.432 e. The monoisotopic (exact) mass is 495 g/mol. The van der Waals surface area contributed by atoms with E-state index in [0.29, 0.717) is 0 Å². The van der Waals surface area contributed by atoms with Crippen molar-refractivity contribution in [3.05, 3.63) is 64.4 Å². The first kappa shape index (κ1) is 20.3. The number of hydrogen-bond donors (Lipinski definition) is 1. The third-order valence-electron chi connectivity index (χ3n) is 3.75. The van der Waals surface area contributed by atoms with Crippen LogP contribution in [0.25, 0.3) is 22.4 Å². The summed E-state index contributed by atoms with van der Waals surface area (Å²) in [6.07, 6.45) is -5.02. The van der Waals surface area contributed by atoms with Gasteiger partial charge in [-0.2, -0.15) is 13.2 Å². The number of thiophene rings is 1. The molecule has 13 heteroatoms. The van der Waals surface area contributed by atoms with Crippen molar-refractivity contribution in [1.29, 1.82) is 0 Å². The molecule has 7 nitrogen and oxygen atoms in total. The lowest BCUT2D eigenvalue weighted by molar-refractivity contribution is -0.386. The fourth-order valence-electron chi connectivity index (χ4n) is 2.65. The van der Waals surface area contributed by atoms with Crippen molar-refractivity contribution in [2.75, 3.05) is 0 Å². The van der Waals surface area contributed by atoms with Crippen molar-refractivity contribution in [2.24, 2.45) is 0 Å². The lowest BCUT2D eigenvalue weighted by Gasteiger charge is -2.06. The van der Waals surface area contributed by atoms with E-state index in [2.05, 4.69) is 15.9 Å². The molecule has 0 aliphatic carbocycles. The van der Waals surface area contributed by atoms with E-state index in [-0.39, 0.29) is 14.4 Å². The number of aromatic amines is 1. The van der Waals surface area contributed by atoms with Gasteiger partial charge in [0.1, 0.15) is 15.2 Å². The van der Waals surface area contributed by atoms with Crippen LogP contribution in [-0.4, -0.2) is 14.8 Å². The molecule has 1 aromatic carbocycles. The summed E-state index contributed by atoms with van der Waals surface area (Å²) in [4.78, 5) is 23.2. The summed E-state index contributed by atoms with van der Waals surface area (Å²) >= 11 is 9.43. The number of alkyl halides is 3. The number of nitrogens with zero attached hydrogens (tertiary/aromatic N) is 2. The van der Waals surface area contributed by atoms with Crippen molar-refractivity contribution in [2.45, 2.75) is 6.18 Å². The van der Waals surface area contributed by atoms with Crippen molar-refractivity contribution < 1.29 is 23.0 Å². The van der Waals surface area contributed by atoms with Crippen molar-refractivity contribution >= 4 is 50.2 Å². The van der Waals surface area contributed by atoms with Gasteiger partial charge in [-0.05, 0) is 28.1 Å². The van der Waals surface area contributed by atoms with E-state index >= 15 is 0 Å². The highest BCUT2D eigenvalue weighted by atomic mass is 79.9. The predicted octanol–water partition coefficient (Wildman–Crippen LogP) is 6.66. The summed E-state index contributed by atoms with van der Waals surface area (Å²) in [6.45, 7) is 0. The number of nitro groups is 2. The summed E-state index contributed by atoms with van der Waals surface area (Å²) < 4.78 is 40.9. The number of halogens is 5. The van der Waals surface area contributed by atoms with Crippen molar-refractivity contribution in [3.8, 4) is 22.4 Å². The zero-order valence-electron chi connectivity index (χ0n) is 13.2. The molecule has 0 saturated heterocycles. The van der Waals surface area contributed by atoms with Crippen LogP contribution in [0.5, 0.6) is 0 Å². The van der Waals surface area contributed by atoms with Gasteiger partial charge in [0.25, 0.3) is 0 Å². The number of H-pyrrole nitrogens is 1. The van der Waals surface area contributed by atoms with E-state index in [1.165, 1.54) is 24.3 Å². The second-order valence-electron chi connectivity index (χ2n) is 5.39. The van der Waals surface area contributed by atoms with Crippen LogP contribution in [-0.2, 0) is 6.18 Å². The van der Waals surface area contributed by atoms with E-state index in [1.54, 1.807) is 0 Å². The largest absolute Gasteiger partial charge is 0.432 e. The number of rotatable bonds is 4. The molecule has 0 aliphatic rings. The topological polar surface area (TPSA) is 102 Å². The molecule has 146 valence electrons. The molecular weight excluding hydrogens is 491 g/mol. The van der Waals surface area contributed by atoms with Gasteiger partial charge >= 0.3 is 17.6 Å². The molecule has 0 saturated carbocycles. The zero-order chi connectivity index (χ0) is 20.8. The Morgan fingerprint density at radius 3 is 2.14 bits per heavy atom. The van der Waals surface area contributed by atoms with Gasteiger partial charge in [0.05, 0.1) is 21.0 Å². The summed E-state index contributed by atoms with van der Waals surface area (Å²) in [5.74, 6) is 0. The van der Waals surface area contributed by atoms with Crippen LogP contribution in [0, 0.1) is 20.2 Å². The van der Waals surface area contributed by atoms with Gasteiger partial charge in [-0.15, -0.1) is 11.3 Å². The molecule has 1 N–H and O–H groups in total. The summed E-state index contributed by atoms with van der Waals surface area (Å²) in [5.41, 5.74) is -4.79. The smallest absolute Gasteiger partial charge is 0.345 e. The molecule has 0 spiro atoms. The van der Waals surface area contributed by atoms with Crippen LogP contribution in [0.4, 0.5) is 24.5 Å². The lowest BCUT2D eigenvalue weighted by Crippen LogP contribution is -2.07. The van der Waals surface area contributed by atoms with Crippen LogP contribution in [0.2, 0.25) is 5.02 Å². The number of hydrogen-bond acceptors (Lipinski definition) is 5. The Hall–Kier alpha value is -2.44. The maximum absolute atomic E-state index is 13.7. The molecule has 3 rings (SSSR count). The van der Waals surface area contributed by atoms with Crippen LogP contribution in [0.3, 0.4) is 0 Å². The Kier molecular flexibility index (Phi) is 5.21. The summed E-state index contributed by atoms with van der Waals surface area (Å²) in [6, 6.07) is 5.34. The van der Waals surface area contributed by atoms with Gasteiger partial charge in [-0.3, -0.25) is 20.2 Å². The van der Waals surface area contributed by atoms with E-state index in [9.17, 15) is 33.4 Å². The van der Waals surface area contributed by atoms with Crippen molar-refractivity contribution in [3.63, 3.8) is 0 Å². The van der Waals surface area contributed by atoms with Gasteiger partial charge in [-0.25, -0.2) is 0 Å². The van der Waals surface area contributed by atoms with Gasteiger partial charge < -0.3 is 4.98 Å². The summed E-state index contributed by atoms with van der Waals surface area (Å²) in [7, 11) is 0. The van der Waals surface area contributed by atoms with Crippen LogP contribution >= 0.6 is 38.9 Å². The molecule has 2 heterocycles. The average molecular weight is 497 g/mol. The Balaban J connectivity index is 2.43. The molecule has 0 unspecified atom stereocenters. The number of nitrogens with one attached hydrogen (secondary N) is 1. The second-order valence-corrected chi connectivity index (χ2v) is 8.02. The van der Waals surface area contributed by atoms with E-state index in [0.717, 1.165) is 16.7 Å². The Labute approximate surface area is 171 Å². The van der Waals surface area contributed by atoms with Crippen LogP contribution in [0.1, 0.15) is 5.69 Å². The fourth-order valence-corrected chi connectivity index (χ4v) is 4.16.